The molecule has 102 valence electrons. The van der Waals surface area contributed by atoms with Crippen molar-refractivity contribution in [2.45, 2.75) is 51.9 Å². The van der Waals surface area contributed by atoms with E-state index in [1.165, 1.54) is 0 Å². The zero-order chi connectivity index (χ0) is 13.6. The average Bonchev–Trinajstić information content (AvgIpc) is 2.26. The number of nitrogens with one attached hydrogen (secondary N) is 1. The van der Waals surface area contributed by atoms with Crippen LogP contribution in [-0.2, 0) is 6.54 Å². The number of halogens is 3. The number of rotatable bonds is 6. The van der Waals surface area contributed by atoms with Crippen molar-refractivity contribution in [1.82, 2.24) is 10.3 Å². The fourth-order valence-corrected chi connectivity index (χ4v) is 1.70. The summed E-state index contributed by atoms with van der Waals surface area (Å²) >= 11 is 0. The van der Waals surface area contributed by atoms with Gasteiger partial charge >= 0.3 is 6.18 Å². The van der Waals surface area contributed by atoms with Gasteiger partial charge in [0.15, 0.2) is 0 Å². The Labute approximate surface area is 106 Å². The largest absolute Gasteiger partial charge is 0.389 e. The Bertz CT molecular complexity index is 363. The van der Waals surface area contributed by atoms with Gasteiger partial charge in [0.05, 0.1) is 0 Å². The molecule has 0 saturated carbocycles. The van der Waals surface area contributed by atoms with Gasteiger partial charge in [-0.2, -0.15) is 13.2 Å². The molecule has 1 rings (SSSR count). The second kappa shape index (κ2) is 6.73. The maximum Gasteiger partial charge on any atom is 0.389 e. The Morgan fingerprint density at radius 3 is 2.72 bits per heavy atom. The lowest BCUT2D eigenvalue weighted by Gasteiger charge is -2.15. The second-order valence-electron chi connectivity index (χ2n) is 4.59. The van der Waals surface area contributed by atoms with Crippen LogP contribution in [0.25, 0.3) is 0 Å². The van der Waals surface area contributed by atoms with Crippen LogP contribution in [0.1, 0.15) is 37.3 Å². The van der Waals surface area contributed by atoms with Crippen molar-refractivity contribution in [2.75, 3.05) is 0 Å². The molecule has 0 amide bonds. The standard InChI is InChI=1S/C13H19F3N2/c1-10-8-17-7-5-12(10)9-18-11(2)4-3-6-13(14,15)16/h5,7-8,11,18H,3-4,6,9H2,1-2H3. The fourth-order valence-electron chi connectivity index (χ4n) is 1.70. The smallest absolute Gasteiger partial charge is 0.310 e. The Balaban J connectivity index is 2.25. The number of alkyl halides is 3. The molecule has 0 radical (unpaired) electrons. The Hall–Kier alpha value is -1.10. The summed E-state index contributed by atoms with van der Waals surface area (Å²) in [5.74, 6) is 0. The maximum absolute atomic E-state index is 12.0. The molecular formula is C13H19F3N2. The summed E-state index contributed by atoms with van der Waals surface area (Å²) in [5.41, 5.74) is 2.22. The summed E-state index contributed by atoms with van der Waals surface area (Å²) in [6, 6.07) is 2.00. The summed E-state index contributed by atoms with van der Waals surface area (Å²) in [5, 5.41) is 3.23. The number of nitrogens with zero attached hydrogens (tertiary/aromatic N) is 1. The SMILES string of the molecule is Cc1cnccc1CNC(C)CCCC(F)(F)F. The Kier molecular flexibility index (Phi) is 5.59. The van der Waals surface area contributed by atoms with Crippen molar-refractivity contribution in [1.29, 1.82) is 0 Å². The fraction of sp³-hybridized carbons (Fsp3) is 0.615. The van der Waals surface area contributed by atoms with Crippen molar-refractivity contribution in [3.63, 3.8) is 0 Å². The summed E-state index contributed by atoms with van der Waals surface area (Å²) in [7, 11) is 0. The molecule has 2 nitrogen and oxygen atoms in total. The van der Waals surface area contributed by atoms with Crippen molar-refractivity contribution in [3.05, 3.63) is 29.6 Å². The van der Waals surface area contributed by atoms with Gasteiger partial charge in [-0.05, 0) is 43.9 Å². The van der Waals surface area contributed by atoms with E-state index in [1.807, 2.05) is 19.9 Å². The Morgan fingerprint density at radius 2 is 2.11 bits per heavy atom. The average molecular weight is 260 g/mol. The molecule has 1 N–H and O–H groups in total. The molecule has 0 bridgehead atoms. The zero-order valence-corrected chi connectivity index (χ0v) is 10.7. The first-order valence-electron chi connectivity index (χ1n) is 6.08. The normalized spacial score (nSPS) is 13.6. The first kappa shape index (κ1) is 15.0. The number of pyridine rings is 1. The van der Waals surface area contributed by atoms with E-state index >= 15 is 0 Å². The Morgan fingerprint density at radius 1 is 1.39 bits per heavy atom. The summed E-state index contributed by atoms with van der Waals surface area (Å²) in [4.78, 5) is 4.00. The molecule has 0 aliphatic rings. The molecular weight excluding hydrogens is 241 g/mol. The molecule has 1 atom stereocenters. The highest BCUT2D eigenvalue weighted by Gasteiger charge is 2.26. The van der Waals surface area contributed by atoms with Gasteiger partial charge in [0.2, 0.25) is 0 Å². The van der Waals surface area contributed by atoms with Gasteiger partial charge in [0.25, 0.3) is 0 Å². The van der Waals surface area contributed by atoms with E-state index < -0.39 is 12.6 Å². The molecule has 1 unspecified atom stereocenters. The van der Waals surface area contributed by atoms with Crippen molar-refractivity contribution < 1.29 is 13.2 Å². The number of aromatic nitrogens is 1. The minimum atomic E-state index is -4.04. The zero-order valence-electron chi connectivity index (χ0n) is 10.7. The van der Waals surface area contributed by atoms with Crippen LogP contribution < -0.4 is 5.32 Å². The molecule has 0 aromatic carbocycles. The third-order valence-electron chi connectivity index (χ3n) is 2.87. The van der Waals surface area contributed by atoms with Crippen molar-refractivity contribution in [2.24, 2.45) is 0 Å². The third-order valence-corrected chi connectivity index (χ3v) is 2.87. The van der Waals surface area contributed by atoms with E-state index in [4.69, 9.17) is 0 Å². The quantitative estimate of drug-likeness (QED) is 0.845. The van der Waals surface area contributed by atoms with Crippen LogP contribution in [0.15, 0.2) is 18.5 Å². The molecule has 0 aliphatic heterocycles. The maximum atomic E-state index is 12.0. The van der Waals surface area contributed by atoms with Gasteiger partial charge in [-0.1, -0.05) is 0 Å². The molecule has 5 heteroatoms. The lowest BCUT2D eigenvalue weighted by molar-refractivity contribution is -0.135. The summed E-state index contributed by atoms with van der Waals surface area (Å²) in [6.07, 6.45) is -0.533. The van der Waals surface area contributed by atoms with Crippen LogP contribution in [0.2, 0.25) is 0 Å². The van der Waals surface area contributed by atoms with E-state index in [0.717, 1.165) is 11.1 Å². The number of aryl methyl sites for hydroxylation is 1. The molecule has 0 saturated heterocycles. The van der Waals surface area contributed by atoms with Gasteiger partial charge < -0.3 is 5.32 Å². The van der Waals surface area contributed by atoms with Gasteiger partial charge in [0, 0.05) is 31.4 Å². The van der Waals surface area contributed by atoms with Crippen LogP contribution in [0.3, 0.4) is 0 Å². The second-order valence-corrected chi connectivity index (χ2v) is 4.59. The third kappa shape index (κ3) is 6.00. The van der Waals surface area contributed by atoms with Crippen LogP contribution in [0, 0.1) is 6.92 Å². The highest BCUT2D eigenvalue weighted by Crippen LogP contribution is 2.22. The predicted octanol–water partition coefficient (Wildman–Crippen LogP) is 3.60. The summed E-state index contributed by atoms with van der Waals surface area (Å²) < 4.78 is 35.9. The molecule has 0 spiro atoms. The molecule has 18 heavy (non-hydrogen) atoms. The number of hydrogen-bond donors (Lipinski definition) is 1. The number of hydrogen-bond acceptors (Lipinski definition) is 2. The highest BCUT2D eigenvalue weighted by molar-refractivity contribution is 5.21. The van der Waals surface area contributed by atoms with Gasteiger partial charge in [0.1, 0.15) is 0 Å². The highest BCUT2D eigenvalue weighted by atomic mass is 19.4. The minimum Gasteiger partial charge on any atom is -0.310 e. The molecule has 1 aromatic heterocycles. The van der Waals surface area contributed by atoms with Gasteiger partial charge in [-0.25, -0.2) is 0 Å². The van der Waals surface area contributed by atoms with Gasteiger partial charge in [-0.3, -0.25) is 4.98 Å². The van der Waals surface area contributed by atoms with Crippen LogP contribution in [-0.4, -0.2) is 17.2 Å². The summed E-state index contributed by atoms with van der Waals surface area (Å²) in [6.45, 7) is 4.55. The van der Waals surface area contributed by atoms with Crippen molar-refractivity contribution >= 4 is 0 Å². The molecule has 0 aliphatic carbocycles. The van der Waals surface area contributed by atoms with Crippen LogP contribution in [0.4, 0.5) is 13.2 Å². The van der Waals surface area contributed by atoms with E-state index in [2.05, 4.69) is 10.3 Å². The van der Waals surface area contributed by atoms with E-state index in [1.54, 1.807) is 12.4 Å². The predicted molar refractivity (Wildman–Crippen MR) is 65.2 cm³/mol. The monoisotopic (exact) mass is 260 g/mol. The van der Waals surface area contributed by atoms with Crippen LogP contribution >= 0.6 is 0 Å². The van der Waals surface area contributed by atoms with Gasteiger partial charge in [-0.15, -0.1) is 0 Å². The lowest BCUT2D eigenvalue weighted by Crippen LogP contribution is -2.26. The van der Waals surface area contributed by atoms with E-state index in [-0.39, 0.29) is 12.5 Å². The first-order chi connectivity index (χ1) is 8.38. The topological polar surface area (TPSA) is 24.9 Å². The molecule has 1 aromatic rings. The van der Waals surface area contributed by atoms with Crippen LogP contribution in [0.5, 0.6) is 0 Å². The van der Waals surface area contributed by atoms with Crippen molar-refractivity contribution in [3.8, 4) is 0 Å². The van der Waals surface area contributed by atoms with E-state index in [0.29, 0.717) is 13.0 Å². The molecule has 0 fully saturated rings. The lowest BCUT2D eigenvalue weighted by atomic mass is 10.1. The molecule has 1 heterocycles. The minimum absolute atomic E-state index is 0.0833. The first-order valence-corrected chi connectivity index (χ1v) is 6.08. The van der Waals surface area contributed by atoms with E-state index in [9.17, 15) is 13.2 Å².